The van der Waals surface area contributed by atoms with Gasteiger partial charge in [0.15, 0.2) is 0 Å². The predicted octanol–water partition coefficient (Wildman–Crippen LogP) is 3.48. The molecule has 0 bridgehead atoms. The van der Waals surface area contributed by atoms with Crippen molar-refractivity contribution in [2.24, 2.45) is 5.73 Å². The fourth-order valence-electron chi connectivity index (χ4n) is 4.85. The number of carbonyl (C=O) groups is 3. The van der Waals surface area contributed by atoms with Gasteiger partial charge in [-0.2, -0.15) is 0 Å². The molecule has 9 heteroatoms. The van der Waals surface area contributed by atoms with E-state index >= 15 is 0 Å². The van der Waals surface area contributed by atoms with E-state index in [9.17, 15) is 19.2 Å². The summed E-state index contributed by atoms with van der Waals surface area (Å²) in [6.07, 6.45) is 1.68. The molecule has 192 valence electrons. The van der Waals surface area contributed by atoms with E-state index in [1.807, 2.05) is 18.2 Å². The Morgan fingerprint density at radius 2 is 1.63 bits per heavy atom. The normalized spacial score (nSPS) is 15.3. The molecule has 0 spiro atoms. The van der Waals surface area contributed by atoms with E-state index in [1.54, 1.807) is 54.6 Å². The van der Waals surface area contributed by atoms with Crippen molar-refractivity contribution in [3.63, 3.8) is 0 Å². The highest BCUT2D eigenvalue weighted by molar-refractivity contribution is 6.13. The van der Waals surface area contributed by atoms with Crippen LogP contribution in [0.3, 0.4) is 0 Å². The summed E-state index contributed by atoms with van der Waals surface area (Å²) < 4.78 is 0. The van der Waals surface area contributed by atoms with Crippen LogP contribution >= 0.6 is 0 Å². The predicted molar refractivity (Wildman–Crippen MR) is 146 cm³/mol. The average Bonchev–Trinajstić information content (AvgIpc) is 3.37. The molecule has 1 aliphatic rings. The average molecular weight is 510 g/mol. The summed E-state index contributed by atoms with van der Waals surface area (Å²) in [5.41, 5.74) is 8.32. The molecule has 1 unspecified atom stereocenters. The maximum atomic E-state index is 13.0. The number of anilines is 2. The molecule has 1 atom stereocenters. The second-order valence-electron chi connectivity index (χ2n) is 9.31. The summed E-state index contributed by atoms with van der Waals surface area (Å²) >= 11 is 0. The van der Waals surface area contributed by atoms with E-state index in [4.69, 9.17) is 5.73 Å². The van der Waals surface area contributed by atoms with Crippen molar-refractivity contribution in [3.8, 4) is 0 Å². The number of nitrogens with one attached hydrogen (secondary N) is 3. The Morgan fingerprint density at radius 3 is 2.45 bits per heavy atom. The van der Waals surface area contributed by atoms with Gasteiger partial charge < -0.3 is 21.4 Å². The highest BCUT2D eigenvalue weighted by Gasteiger charge is 2.28. The highest BCUT2D eigenvalue weighted by atomic mass is 16.2. The number of fused-ring (bicyclic) bond motifs is 1. The van der Waals surface area contributed by atoms with Gasteiger partial charge in [-0.1, -0.05) is 36.4 Å². The number of likely N-dealkylation sites (tertiary alicyclic amines) is 1. The van der Waals surface area contributed by atoms with Crippen LogP contribution in [-0.2, 0) is 11.3 Å². The number of carbonyl (C=O) groups excluding carboxylic acids is 3. The number of hydrogen-bond donors (Lipinski definition) is 4. The van der Waals surface area contributed by atoms with Crippen LogP contribution in [0.25, 0.3) is 10.9 Å². The van der Waals surface area contributed by atoms with Crippen molar-refractivity contribution in [2.45, 2.75) is 25.4 Å². The molecule has 0 aliphatic carbocycles. The Balaban J connectivity index is 1.28. The van der Waals surface area contributed by atoms with E-state index in [0.717, 1.165) is 24.9 Å². The second-order valence-corrected chi connectivity index (χ2v) is 9.31. The van der Waals surface area contributed by atoms with Crippen molar-refractivity contribution >= 4 is 40.0 Å². The number of aromatic nitrogens is 1. The third-order valence-electron chi connectivity index (χ3n) is 6.64. The molecule has 5 N–H and O–H groups in total. The number of primary amides is 1. The monoisotopic (exact) mass is 509 g/mol. The number of rotatable bonds is 7. The zero-order valence-electron chi connectivity index (χ0n) is 20.6. The van der Waals surface area contributed by atoms with Crippen LogP contribution in [0.4, 0.5) is 11.4 Å². The Kier molecular flexibility index (Phi) is 7.01. The molecule has 3 amide bonds. The summed E-state index contributed by atoms with van der Waals surface area (Å²) in [6.45, 7) is 1.37. The number of pyridine rings is 1. The van der Waals surface area contributed by atoms with Crippen molar-refractivity contribution in [1.29, 1.82) is 0 Å². The maximum absolute atomic E-state index is 13.0. The van der Waals surface area contributed by atoms with Crippen molar-refractivity contribution < 1.29 is 14.4 Å². The van der Waals surface area contributed by atoms with E-state index in [0.29, 0.717) is 34.4 Å². The van der Waals surface area contributed by atoms with Crippen LogP contribution in [0.5, 0.6) is 0 Å². The van der Waals surface area contributed by atoms with Crippen LogP contribution < -0.4 is 21.9 Å². The third kappa shape index (κ3) is 5.47. The molecule has 3 aromatic carbocycles. The number of H-pyrrole nitrogens is 1. The van der Waals surface area contributed by atoms with Gasteiger partial charge in [-0.15, -0.1) is 0 Å². The van der Waals surface area contributed by atoms with E-state index < -0.39 is 5.91 Å². The van der Waals surface area contributed by atoms with Crippen LogP contribution in [0, 0.1) is 0 Å². The molecule has 5 rings (SSSR count). The number of para-hydroxylation sites is 1. The van der Waals surface area contributed by atoms with Crippen molar-refractivity contribution in [2.75, 3.05) is 17.2 Å². The number of amides is 3. The fourth-order valence-corrected chi connectivity index (χ4v) is 4.85. The third-order valence-corrected chi connectivity index (χ3v) is 6.64. The molecule has 1 fully saturated rings. The molecule has 0 saturated carbocycles. The van der Waals surface area contributed by atoms with Gasteiger partial charge in [0.25, 0.3) is 11.8 Å². The van der Waals surface area contributed by atoms with Gasteiger partial charge in [0.1, 0.15) is 0 Å². The Labute approximate surface area is 218 Å². The van der Waals surface area contributed by atoms with Crippen molar-refractivity contribution in [1.82, 2.24) is 9.88 Å². The van der Waals surface area contributed by atoms with Crippen LogP contribution in [0.2, 0.25) is 0 Å². The zero-order chi connectivity index (χ0) is 26.6. The zero-order valence-corrected chi connectivity index (χ0v) is 20.6. The molecular weight excluding hydrogens is 482 g/mol. The first kappa shape index (κ1) is 24.9. The summed E-state index contributed by atoms with van der Waals surface area (Å²) in [5, 5.41) is 6.30. The number of benzene rings is 3. The lowest BCUT2D eigenvalue weighted by Gasteiger charge is -2.22. The van der Waals surface area contributed by atoms with Gasteiger partial charge in [0.05, 0.1) is 11.6 Å². The first-order valence-corrected chi connectivity index (χ1v) is 12.3. The Morgan fingerprint density at radius 1 is 0.895 bits per heavy atom. The minimum atomic E-state index is -0.450. The lowest BCUT2D eigenvalue weighted by molar-refractivity contribution is -0.122. The summed E-state index contributed by atoms with van der Waals surface area (Å²) in [4.78, 5) is 54.5. The molecule has 1 aliphatic heterocycles. The minimum Gasteiger partial charge on any atom is -0.368 e. The summed E-state index contributed by atoms with van der Waals surface area (Å²) in [7, 11) is 0. The van der Waals surface area contributed by atoms with Crippen molar-refractivity contribution in [3.05, 3.63) is 106 Å². The van der Waals surface area contributed by atoms with Crippen LogP contribution in [-0.4, -0.2) is 40.2 Å². The second kappa shape index (κ2) is 10.7. The molecule has 4 aromatic rings. The smallest absolute Gasteiger partial charge is 0.256 e. The van der Waals surface area contributed by atoms with Crippen LogP contribution in [0.1, 0.15) is 39.1 Å². The first-order valence-electron chi connectivity index (χ1n) is 12.3. The van der Waals surface area contributed by atoms with Crippen LogP contribution in [0.15, 0.2) is 83.7 Å². The van der Waals surface area contributed by atoms with E-state index in [1.165, 1.54) is 6.07 Å². The Hall–Kier alpha value is -4.76. The molecule has 1 aromatic heterocycles. The quantitative estimate of drug-likeness (QED) is 0.302. The lowest BCUT2D eigenvalue weighted by Crippen LogP contribution is -2.39. The van der Waals surface area contributed by atoms with E-state index in [-0.39, 0.29) is 29.0 Å². The number of nitrogens with two attached hydrogens (primary N) is 1. The summed E-state index contributed by atoms with van der Waals surface area (Å²) in [5.74, 6) is -1.10. The minimum absolute atomic E-state index is 0.243. The van der Waals surface area contributed by atoms with Gasteiger partial charge in [-0.25, -0.2) is 0 Å². The standard InChI is InChI=1S/C29H27N5O4/c30-27(36)25-12-5-13-34(25)17-18-6-3-8-20(14-18)31-28(37)19-7-4-9-21(15-19)32-29(38)23-16-26(35)33-24-11-2-1-10-22(23)24/h1-4,6-11,14-16,25H,5,12-13,17H2,(H2,30,36)(H,31,37)(H,32,38)(H,33,35). The first-order chi connectivity index (χ1) is 18.4. The number of nitrogens with zero attached hydrogens (tertiary/aromatic N) is 1. The Bertz CT molecular complexity index is 1600. The molecule has 9 nitrogen and oxygen atoms in total. The van der Waals surface area contributed by atoms with E-state index in [2.05, 4.69) is 20.5 Å². The molecular formula is C29H27N5O4. The topological polar surface area (TPSA) is 137 Å². The molecule has 1 saturated heterocycles. The molecule has 2 heterocycles. The van der Waals surface area contributed by atoms with Gasteiger partial charge in [-0.3, -0.25) is 24.1 Å². The number of hydrogen-bond acceptors (Lipinski definition) is 5. The van der Waals surface area contributed by atoms with Gasteiger partial charge in [0, 0.05) is 40.5 Å². The lowest BCUT2D eigenvalue weighted by atomic mass is 10.1. The van der Waals surface area contributed by atoms with Gasteiger partial charge in [0.2, 0.25) is 11.5 Å². The van der Waals surface area contributed by atoms with Gasteiger partial charge >= 0.3 is 0 Å². The fraction of sp³-hybridized carbons (Fsp3) is 0.172. The number of aromatic amines is 1. The molecule has 0 radical (unpaired) electrons. The SMILES string of the molecule is NC(=O)C1CCCN1Cc1cccc(NC(=O)c2cccc(NC(=O)c3cc(=O)[nH]c4ccccc34)c2)c1. The summed E-state index contributed by atoms with van der Waals surface area (Å²) in [6, 6.07) is 22.1. The van der Waals surface area contributed by atoms with Gasteiger partial charge in [-0.05, 0) is 61.3 Å². The highest BCUT2D eigenvalue weighted by Crippen LogP contribution is 2.22. The maximum Gasteiger partial charge on any atom is 0.256 e. The largest absolute Gasteiger partial charge is 0.368 e. The molecule has 38 heavy (non-hydrogen) atoms.